The SMILES string of the molecule is COC(=O)c1cc(I)c(Oc2cc(I)c(O)c(I)c2)c(I)c1. The summed E-state index contributed by atoms with van der Waals surface area (Å²) in [6.07, 6.45) is 0. The lowest BCUT2D eigenvalue weighted by Gasteiger charge is -2.13. The van der Waals surface area contributed by atoms with Crippen LogP contribution in [0.25, 0.3) is 0 Å². The third-order valence-corrected chi connectivity index (χ3v) is 5.88. The van der Waals surface area contributed by atoms with Gasteiger partial charge < -0.3 is 14.6 Å². The van der Waals surface area contributed by atoms with Gasteiger partial charge in [-0.15, -0.1) is 0 Å². The Hall–Kier alpha value is 0.430. The fraction of sp³-hybridized carbons (Fsp3) is 0.0714. The van der Waals surface area contributed by atoms with Gasteiger partial charge in [-0.3, -0.25) is 0 Å². The molecule has 0 atom stereocenters. The van der Waals surface area contributed by atoms with Gasteiger partial charge in [-0.25, -0.2) is 4.79 Å². The van der Waals surface area contributed by atoms with Crippen molar-refractivity contribution in [2.75, 3.05) is 7.11 Å². The molecule has 8 heteroatoms. The van der Waals surface area contributed by atoms with Crippen molar-refractivity contribution < 1.29 is 19.4 Å². The summed E-state index contributed by atoms with van der Waals surface area (Å²) in [5, 5.41) is 9.81. The summed E-state index contributed by atoms with van der Waals surface area (Å²) in [6, 6.07) is 6.97. The van der Waals surface area contributed by atoms with E-state index in [-0.39, 0.29) is 11.7 Å². The normalized spacial score (nSPS) is 10.4. The van der Waals surface area contributed by atoms with Gasteiger partial charge in [0.2, 0.25) is 0 Å². The lowest BCUT2D eigenvalue weighted by atomic mass is 10.2. The van der Waals surface area contributed by atoms with Crippen LogP contribution in [0.4, 0.5) is 0 Å². The highest BCUT2D eigenvalue weighted by atomic mass is 127. The summed E-state index contributed by atoms with van der Waals surface area (Å²) in [6.45, 7) is 0. The number of rotatable bonds is 3. The number of ether oxygens (including phenoxy) is 2. The fourth-order valence-corrected chi connectivity index (χ4v) is 5.31. The second-order valence-electron chi connectivity index (χ2n) is 4.10. The van der Waals surface area contributed by atoms with Crippen LogP contribution in [0.1, 0.15) is 10.4 Å². The van der Waals surface area contributed by atoms with Crippen molar-refractivity contribution in [3.05, 3.63) is 44.1 Å². The zero-order valence-corrected chi connectivity index (χ0v) is 19.6. The summed E-state index contributed by atoms with van der Waals surface area (Å²) in [7, 11) is 1.35. The van der Waals surface area contributed by atoms with E-state index in [1.807, 2.05) is 0 Å². The maximum Gasteiger partial charge on any atom is 0.337 e. The lowest BCUT2D eigenvalue weighted by molar-refractivity contribution is 0.0600. The molecule has 0 saturated carbocycles. The molecule has 0 fully saturated rings. The Kier molecular flexibility index (Phi) is 6.83. The quantitative estimate of drug-likeness (QED) is 0.339. The van der Waals surface area contributed by atoms with Crippen LogP contribution in [-0.2, 0) is 4.74 Å². The molecule has 0 aromatic heterocycles. The molecule has 1 N–H and O–H groups in total. The standard InChI is InChI=1S/C14H8I4O4/c1-21-14(20)6-2-10(17)13(11(18)3-6)22-7-4-8(15)12(19)9(16)5-7/h2-5,19H,1H3. The molecule has 0 aliphatic carbocycles. The topological polar surface area (TPSA) is 55.8 Å². The van der Waals surface area contributed by atoms with Crippen LogP contribution < -0.4 is 4.74 Å². The van der Waals surface area contributed by atoms with Crippen LogP contribution in [0.2, 0.25) is 0 Å². The molecule has 2 aromatic carbocycles. The van der Waals surface area contributed by atoms with Gasteiger partial charge in [-0.05, 0) is 115 Å². The summed E-state index contributed by atoms with van der Waals surface area (Å²) >= 11 is 8.35. The Balaban J connectivity index is 2.40. The Morgan fingerprint density at radius 1 is 0.955 bits per heavy atom. The van der Waals surface area contributed by atoms with Crippen molar-refractivity contribution in [2.45, 2.75) is 0 Å². The number of halogens is 4. The van der Waals surface area contributed by atoms with Gasteiger partial charge in [0.25, 0.3) is 0 Å². The summed E-state index contributed by atoms with van der Waals surface area (Å²) in [4.78, 5) is 11.6. The van der Waals surface area contributed by atoms with Crippen LogP contribution in [0.15, 0.2) is 24.3 Å². The molecule has 0 aliphatic rings. The first-order valence-corrected chi connectivity index (χ1v) is 10.1. The van der Waals surface area contributed by atoms with Gasteiger partial charge >= 0.3 is 5.97 Å². The number of esters is 1. The number of hydrogen-bond donors (Lipinski definition) is 1. The van der Waals surface area contributed by atoms with E-state index in [2.05, 4.69) is 90.4 Å². The number of phenolic OH excluding ortho intramolecular Hbond substituents is 1. The minimum atomic E-state index is -0.379. The predicted octanol–water partition coefficient (Wildman–Crippen LogP) is 5.39. The smallest absolute Gasteiger partial charge is 0.337 e. The van der Waals surface area contributed by atoms with E-state index in [9.17, 15) is 9.90 Å². The molecule has 116 valence electrons. The van der Waals surface area contributed by atoms with Crippen LogP contribution in [-0.4, -0.2) is 18.2 Å². The number of hydrogen-bond acceptors (Lipinski definition) is 4. The largest absolute Gasteiger partial charge is 0.506 e. The minimum absolute atomic E-state index is 0.249. The molecule has 0 amide bonds. The maximum absolute atomic E-state index is 11.6. The summed E-state index contributed by atoms with van der Waals surface area (Å²) < 4.78 is 13.7. The monoisotopic (exact) mass is 748 g/mol. The van der Waals surface area contributed by atoms with Gasteiger partial charge in [0, 0.05) is 0 Å². The van der Waals surface area contributed by atoms with Crippen LogP contribution >= 0.6 is 90.4 Å². The van der Waals surface area contributed by atoms with E-state index in [1.54, 1.807) is 24.3 Å². The molecular weight excluding hydrogens is 740 g/mol. The van der Waals surface area contributed by atoms with E-state index in [0.29, 0.717) is 17.1 Å². The minimum Gasteiger partial charge on any atom is -0.506 e. The first-order valence-electron chi connectivity index (χ1n) is 5.76. The average Bonchev–Trinajstić information content (AvgIpc) is 2.47. The van der Waals surface area contributed by atoms with E-state index in [1.165, 1.54) is 7.11 Å². The molecule has 2 aromatic rings. The molecule has 22 heavy (non-hydrogen) atoms. The number of carbonyl (C=O) groups excluding carboxylic acids is 1. The highest BCUT2D eigenvalue weighted by Crippen LogP contribution is 2.36. The van der Waals surface area contributed by atoms with Crippen LogP contribution in [0.3, 0.4) is 0 Å². The van der Waals surface area contributed by atoms with Crippen molar-refractivity contribution in [2.24, 2.45) is 0 Å². The van der Waals surface area contributed by atoms with E-state index < -0.39 is 0 Å². The third kappa shape index (κ3) is 4.28. The van der Waals surface area contributed by atoms with Crippen LogP contribution in [0.5, 0.6) is 17.2 Å². The van der Waals surface area contributed by atoms with E-state index in [0.717, 1.165) is 14.3 Å². The molecule has 0 spiro atoms. The Labute approximate surface area is 181 Å². The summed E-state index contributed by atoms with van der Waals surface area (Å²) in [5.41, 5.74) is 0.485. The molecule has 0 heterocycles. The Bertz CT molecular complexity index is 700. The molecule has 2 rings (SSSR count). The lowest BCUT2D eigenvalue weighted by Crippen LogP contribution is -2.03. The second kappa shape index (κ2) is 8.00. The molecule has 4 nitrogen and oxygen atoms in total. The van der Waals surface area contributed by atoms with E-state index in [4.69, 9.17) is 9.47 Å². The third-order valence-electron chi connectivity index (χ3n) is 2.63. The number of phenols is 1. The molecule has 0 aliphatic heterocycles. The van der Waals surface area contributed by atoms with Crippen molar-refractivity contribution in [3.8, 4) is 17.2 Å². The van der Waals surface area contributed by atoms with Crippen molar-refractivity contribution in [3.63, 3.8) is 0 Å². The zero-order chi connectivity index (χ0) is 16.4. The van der Waals surface area contributed by atoms with Gasteiger partial charge in [0.15, 0.2) is 5.75 Å². The predicted molar refractivity (Wildman–Crippen MR) is 117 cm³/mol. The van der Waals surface area contributed by atoms with Gasteiger partial charge in [0.1, 0.15) is 11.5 Å². The number of benzene rings is 2. The Morgan fingerprint density at radius 3 is 1.91 bits per heavy atom. The number of carbonyl (C=O) groups is 1. The van der Waals surface area contributed by atoms with E-state index >= 15 is 0 Å². The van der Waals surface area contributed by atoms with Crippen molar-refractivity contribution in [1.29, 1.82) is 0 Å². The molecule has 0 unspecified atom stereocenters. The Morgan fingerprint density at radius 2 is 1.45 bits per heavy atom. The van der Waals surface area contributed by atoms with Crippen molar-refractivity contribution >= 4 is 96.3 Å². The zero-order valence-electron chi connectivity index (χ0n) is 11.0. The highest BCUT2D eigenvalue weighted by molar-refractivity contribution is 14.1. The number of aromatic hydroxyl groups is 1. The fourth-order valence-electron chi connectivity index (χ4n) is 1.61. The number of methoxy groups -OCH3 is 1. The second-order valence-corrected chi connectivity index (χ2v) is 8.75. The highest BCUT2D eigenvalue weighted by Gasteiger charge is 2.15. The van der Waals surface area contributed by atoms with Gasteiger partial charge in [0.05, 0.1) is 27.0 Å². The first kappa shape index (κ1) is 18.8. The first-order chi connectivity index (χ1) is 10.3. The average molecular weight is 748 g/mol. The molecule has 0 radical (unpaired) electrons. The maximum atomic E-state index is 11.6. The van der Waals surface area contributed by atoms with Gasteiger partial charge in [-0.1, -0.05) is 0 Å². The van der Waals surface area contributed by atoms with Gasteiger partial charge in [-0.2, -0.15) is 0 Å². The molecule has 0 saturated heterocycles. The van der Waals surface area contributed by atoms with Crippen molar-refractivity contribution in [1.82, 2.24) is 0 Å². The molecule has 0 bridgehead atoms. The van der Waals surface area contributed by atoms with Crippen LogP contribution in [0, 0.1) is 14.3 Å². The molecular formula is C14H8I4O4. The summed E-state index contributed by atoms with van der Waals surface area (Å²) in [5.74, 6) is 1.18.